The van der Waals surface area contributed by atoms with Crippen molar-refractivity contribution < 1.29 is 0 Å². The van der Waals surface area contributed by atoms with Crippen LogP contribution in [-0.4, -0.2) is 13.1 Å². The number of rotatable bonds is 1. The molecule has 0 saturated carbocycles. The van der Waals surface area contributed by atoms with Crippen molar-refractivity contribution in [1.82, 2.24) is 5.32 Å². The minimum absolute atomic E-state index is 0.692. The van der Waals surface area contributed by atoms with Gasteiger partial charge in [-0.2, -0.15) is 0 Å². The smallest absolute Gasteiger partial charge is 0.0175 e. The minimum Gasteiger partial charge on any atom is -0.316 e. The summed E-state index contributed by atoms with van der Waals surface area (Å²) in [6.45, 7) is 4.66. The van der Waals surface area contributed by atoms with E-state index in [2.05, 4.69) is 52.4 Å². The van der Waals surface area contributed by atoms with Crippen molar-refractivity contribution in [3.63, 3.8) is 0 Å². The highest BCUT2D eigenvalue weighted by molar-refractivity contribution is 9.10. The van der Waals surface area contributed by atoms with Crippen molar-refractivity contribution in [2.45, 2.75) is 19.3 Å². The van der Waals surface area contributed by atoms with Crippen LogP contribution < -0.4 is 5.32 Å². The van der Waals surface area contributed by atoms with Gasteiger partial charge < -0.3 is 5.32 Å². The van der Waals surface area contributed by atoms with Crippen LogP contribution in [0.1, 0.15) is 24.8 Å². The molecule has 0 bridgehead atoms. The van der Waals surface area contributed by atoms with Crippen LogP contribution in [0.3, 0.4) is 0 Å². The van der Waals surface area contributed by atoms with Crippen molar-refractivity contribution in [2.75, 3.05) is 13.1 Å². The SMILES string of the molecule is CC1CCNCC1c1ccc(Br)cc1. The van der Waals surface area contributed by atoms with E-state index in [-0.39, 0.29) is 0 Å². The molecule has 1 heterocycles. The minimum atomic E-state index is 0.692. The molecule has 2 atom stereocenters. The lowest BCUT2D eigenvalue weighted by molar-refractivity contribution is 0.348. The average Bonchev–Trinajstić information content (AvgIpc) is 2.20. The van der Waals surface area contributed by atoms with Gasteiger partial charge in [-0.3, -0.25) is 0 Å². The number of halogens is 1. The van der Waals surface area contributed by atoms with Crippen molar-refractivity contribution in [3.05, 3.63) is 34.3 Å². The molecule has 1 saturated heterocycles. The van der Waals surface area contributed by atoms with E-state index in [9.17, 15) is 0 Å². The van der Waals surface area contributed by atoms with Crippen LogP contribution in [0.15, 0.2) is 28.7 Å². The number of hydrogen-bond acceptors (Lipinski definition) is 1. The molecule has 0 radical (unpaired) electrons. The maximum atomic E-state index is 3.47. The van der Waals surface area contributed by atoms with Crippen LogP contribution in [0.5, 0.6) is 0 Å². The summed E-state index contributed by atoms with van der Waals surface area (Å²) in [4.78, 5) is 0. The van der Waals surface area contributed by atoms with Gasteiger partial charge in [-0.1, -0.05) is 35.0 Å². The summed E-state index contributed by atoms with van der Waals surface area (Å²) < 4.78 is 1.16. The van der Waals surface area contributed by atoms with Gasteiger partial charge >= 0.3 is 0 Å². The van der Waals surface area contributed by atoms with E-state index in [0.29, 0.717) is 5.92 Å². The van der Waals surface area contributed by atoms with Crippen molar-refractivity contribution in [3.8, 4) is 0 Å². The Morgan fingerprint density at radius 3 is 2.64 bits per heavy atom. The summed E-state index contributed by atoms with van der Waals surface area (Å²) in [5.74, 6) is 1.49. The van der Waals surface area contributed by atoms with E-state index in [0.717, 1.165) is 16.9 Å². The molecule has 1 aromatic rings. The first-order valence-electron chi connectivity index (χ1n) is 5.23. The van der Waals surface area contributed by atoms with Gasteiger partial charge in [-0.05, 0) is 42.5 Å². The molecule has 1 fully saturated rings. The molecule has 2 unspecified atom stereocenters. The van der Waals surface area contributed by atoms with Crippen LogP contribution in [-0.2, 0) is 0 Å². The molecular weight excluding hydrogens is 238 g/mol. The molecule has 1 aliphatic heterocycles. The number of piperidine rings is 1. The van der Waals surface area contributed by atoms with Crippen molar-refractivity contribution >= 4 is 15.9 Å². The molecule has 14 heavy (non-hydrogen) atoms. The molecule has 1 nitrogen and oxygen atoms in total. The summed E-state index contributed by atoms with van der Waals surface area (Å²) in [5.41, 5.74) is 1.47. The van der Waals surface area contributed by atoms with Crippen molar-refractivity contribution in [2.24, 2.45) is 5.92 Å². The molecule has 0 aliphatic carbocycles. The lowest BCUT2D eigenvalue weighted by atomic mass is 9.83. The third-order valence-electron chi connectivity index (χ3n) is 3.13. The Bertz CT molecular complexity index is 294. The lowest BCUT2D eigenvalue weighted by Gasteiger charge is -2.29. The van der Waals surface area contributed by atoms with E-state index < -0.39 is 0 Å². The zero-order valence-corrected chi connectivity index (χ0v) is 10.0. The van der Waals surface area contributed by atoms with E-state index in [4.69, 9.17) is 0 Å². The number of nitrogens with one attached hydrogen (secondary N) is 1. The van der Waals surface area contributed by atoms with Gasteiger partial charge in [0.15, 0.2) is 0 Å². The lowest BCUT2D eigenvalue weighted by Crippen LogP contribution is -2.33. The fourth-order valence-corrected chi connectivity index (χ4v) is 2.41. The van der Waals surface area contributed by atoms with Gasteiger partial charge in [0.1, 0.15) is 0 Å². The molecule has 1 aliphatic rings. The van der Waals surface area contributed by atoms with Crippen LogP contribution in [0, 0.1) is 5.92 Å². The monoisotopic (exact) mass is 253 g/mol. The second-order valence-corrected chi connectivity index (χ2v) is 5.04. The highest BCUT2D eigenvalue weighted by Crippen LogP contribution is 2.29. The molecule has 2 heteroatoms. The Labute approximate surface area is 94.0 Å². The van der Waals surface area contributed by atoms with E-state index in [1.165, 1.54) is 18.5 Å². The molecule has 0 aromatic heterocycles. The van der Waals surface area contributed by atoms with Gasteiger partial charge in [0, 0.05) is 11.0 Å². The molecule has 0 amide bonds. The first-order chi connectivity index (χ1) is 6.77. The Morgan fingerprint density at radius 1 is 1.29 bits per heavy atom. The number of hydrogen-bond donors (Lipinski definition) is 1. The summed E-state index contributed by atoms with van der Waals surface area (Å²) in [6, 6.07) is 8.74. The Hall–Kier alpha value is -0.340. The van der Waals surface area contributed by atoms with Crippen LogP contribution in [0.4, 0.5) is 0 Å². The maximum Gasteiger partial charge on any atom is 0.0175 e. The standard InChI is InChI=1S/C12H16BrN/c1-9-6-7-14-8-12(9)10-2-4-11(13)5-3-10/h2-5,9,12,14H,6-8H2,1H3. The molecule has 0 spiro atoms. The van der Waals surface area contributed by atoms with E-state index in [1.807, 2.05) is 0 Å². The molecule has 76 valence electrons. The highest BCUT2D eigenvalue weighted by atomic mass is 79.9. The van der Waals surface area contributed by atoms with Gasteiger partial charge in [-0.15, -0.1) is 0 Å². The second-order valence-electron chi connectivity index (χ2n) is 4.13. The fourth-order valence-electron chi connectivity index (χ4n) is 2.15. The van der Waals surface area contributed by atoms with Crippen LogP contribution in [0.25, 0.3) is 0 Å². The molecule has 1 aromatic carbocycles. The van der Waals surface area contributed by atoms with Gasteiger partial charge in [0.05, 0.1) is 0 Å². The van der Waals surface area contributed by atoms with Gasteiger partial charge in [-0.25, -0.2) is 0 Å². The highest BCUT2D eigenvalue weighted by Gasteiger charge is 2.22. The average molecular weight is 254 g/mol. The van der Waals surface area contributed by atoms with Gasteiger partial charge in [0.25, 0.3) is 0 Å². The normalized spacial score (nSPS) is 27.6. The summed E-state index contributed by atoms with van der Waals surface area (Å²) >= 11 is 3.47. The van der Waals surface area contributed by atoms with Crippen LogP contribution in [0.2, 0.25) is 0 Å². The topological polar surface area (TPSA) is 12.0 Å². The summed E-state index contributed by atoms with van der Waals surface area (Å²) in [7, 11) is 0. The predicted molar refractivity (Wildman–Crippen MR) is 63.5 cm³/mol. The van der Waals surface area contributed by atoms with E-state index >= 15 is 0 Å². The first kappa shape index (κ1) is 10.2. The van der Waals surface area contributed by atoms with Crippen molar-refractivity contribution in [1.29, 1.82) is 0 Å². The predicted octanol–water partition coefficient (Wildman–Crippen LogP) is 3.16. The maximum absolute atomic E-state index is 3.47. The Kier molecular flexibility index (Phi) is 3.24. The zero-order valence-electron chi connectivity index (χ0n) is 8.46. The van der Waals surface area contributed by atoms with E-state index in [1.54, 1.807) is 0 Å². The zero-order chi connectivity index (χ0) is 9.97. The quantitative estimate of drug-likeness (QED) is 0.811. The third-order valence-corrected chi connectivity index (χ3v) is 3.65. The molecular formula is C12H16BrN. The van der Waals surface area contributed by atoms with Crippen LogP contribution >= 0.6 is 15.9 Å². The van der Waals surface area contributed by atoms with Gasteiger partial charge in [0.2, 0.25) is 0 Å². The Balaban J connectivity index is 2.16. The first-order valence-corrected chi connectivity index (χ1v) is 6.03. The third kappa shape index (κ3) is 2.18. The molecule has 2 rings (SSSR count). The second kappa shape index (κ2) is 4.45. The summed E-state index contributed by atoms with van der Waals surface area (Å²) in [6.07, 6.45) is 1.29. The number of benzene rings is 1. The summed E-state index contributed by atoms with van der Waals surface area (Å²) in [5, 5.41) is 3.47. The fraction of sp³-hybridized carbons (Fsp3) is 0.500. The largest absolute Gasteiger partial charge is 0.316 e. The molecule has 1 N–H and O–H groups in total. The Morgan fingerprint density at radius 2 is 2.00 bits per heavy atom.